The number of nitrogens with two attached hydrogens (primary N) is 1. The van der Waals surface area contributed by atoms with Crippen LogP contribution in [0.4, 0.5) is 11.4 Å². The van der Waals surface area contributed by atoms with Crippen molar-refractivity contribution in [3.63, 3.8) is 0 Å². The minimum absolute atomic E-state index is 0.00243. The molecule has 20 heavy (non-hydrogen) atoms. The van der Waals surface area contributed by atoms with Gasteiger partial charge in [-0.3, -0.25) is 14.9 Å². The summed E-state index contributed by atoms with van der Waals surface area (Å²) in [4.78, 5) is 24.1. The number of nitro benzene ring substituents is 1. The highest BCUT2D eigenvalue weighted by Crippen LogP contribution is 2.30. The minimum Gasteiger partial charge on any atom is -0.393 e. The lowest BCUT2D eigenvalue weighted by Gasteiger charge is -2.34. The lowest BCUT2D eigenvalue weighted by atomic mass is 9.82. The van der Waals surface area contributed by atoms with Crippen LogP contribution in [-0.2, 0) is 0 Å². The van der Waals surface area contributed by atoms with Gasteiger partial charge in [-0.15, -0.1) is 0 Å². The van der Waals surface area contributed by atoms with Crippen LogP contribution in [0.5, 0.6) is 0 Å². The molecule has 0 atom stereocenters. The molecule has 0 radical (unpaired) electrons. The number of nitrogens with zero attached hydrogens (tertiary/aromatic N) is 2. The summed E-state index contributed by atoms with van der Waals surface area (Å²) in [5.74, 6) is -0.176. The van der Waals surface area contributed by atoms with Crippen molar-refractivity contribution in [2.75, 3.05) is 19.3 Å². The Morgan fingerprint density at radius 1 is 1.55 bits per heavy atom. The number of carbonyl (C=O) groups excluding carboxylic acids is 1. The normalized spacial score (nSPS) is 21.1. The highest BCUT2D eigenvalue weighted by atomic mass is 16.6. The Morgan fingerprint density at radius 3 is 2.75 bits per heavy atom. The van der Waals surface area contributed by atoms with E-state index >= 15 is 0 Å². The number of hydrogen-bond acceptors (Lipinski definition) is 5. The highest BCUT2D eigenvalue weighted by molar-refractivity contribution is 6.00. The number of aliphatic hydroxyl groups excluding tert-OH is 1. The molecule has 1 fully saturated rings. The van der Waals surface area contributed by atoms with Gasteiger partial charge in [0, 0.05) is 13.6 Å². The van der Waals surface area contributed by atoms with Crippen molar-refractivity contribution in [3.05, 3.63) is 33.9 Å². The van der Waals surface area contributed by atoms with Gasteiger partial charge in [0.05, 0.1) is 11.0 Å². The molecule has 0 aliphatic heterocycles. The first-order valence-corrected chi connectivity index (χ1v) is 6.36. The van der Waals surface area contributed by atoms with E-state index in [1.165, 1.54) is 23.1 Å². The number of benzene rings is 1. The minimum atomic E-state index is -0.635. The highest BCUT2D eigenvalue weighted by Gasteiger charge is 2.31. The Bertz CT molecular complexity index is 540. The van der Waals surface area contributed by atoms with Crippen LogP contribution in [0.15, 0.2) is 18.2 Å². The second-order valence-corrected chi connectivity index (χ2v) is 5.18. The molecule has 0 spiro atoms. The SMILES string of the molecule is CN(CC1CC(O)C1)C(=O)c1cccc(N)c1[N+](=O)[O-]. The molecule has 0 bridgehead atoms. The maximum atomic E-state index is 12.3. The van der Waals surface area contributed by atoms with Gasteiger partial charge in [0.15, 0.2) is 0 Å². The predicted octanol–water partition coefficient (Wildman–Crippen LogP) is 1.02. The Balaban J connectivity index is 2.16. The first kappa shape index (κ1) is 14.3. The summed E-state index contributed by atoms with van der Waals surface area (Å²) < 4.78 is 0. The van der Waals surface area contributed by atoms with E-state index in [0.29, 0.717) is 19.4 Å². The van der Waals surface area contributed by atoms with E-state index in [0.717, 1.165) is 0 Å². The summed E-state index contributed by atoms with van der Waals surface area (Å²) in [6, 6.07) is 4.33. The Kier molecular flexibility index (Phi) is 3.89. The second-order valence-electron chi connectivity index (χ2n) is 5.18. The van der Waals surface area contributed by atoms with Crippen molar-refractivity contribution in [3.8, 4) is 0 Å². The van der Waals surface area contributed by atoms with Gasteiger partial charge in [0.1, 0.15) is 11.3 Å². The lowest BCUT2D eigenvalue weighted by molar-refractivity contribution is -0.384. The average Bonchev–Trinajstić information content (AvgIpc) is 2.35. The molecule has 1 aliphatic carbocycles. The van der Waals surface area contributed by atoms with Gasteiger partial charge in [-0.05, 0) is 30.9 Å². The Labute approximate surface area is 116 Å². The van der Waals surface area contributed by atoms with Gasteiger partial charge in [0.25, 0.3) is 5.91 Å². The molecule has 1 amide bonds. The fourth-order valence-corrected chi connectivity index (χ4v) is 2.46. The molecule has 3 N–H and O–H groups in total. The molecule has 108 valence electrons. The largest absolute Gasteiger partial charge is 0.393 e. The standard InChI is InChI=1S/C13H17N3O4/c1-15(7-8-5-9(17)6-8)13(18)10-3-2-4-11(14)12(10)16(19)20/h2-4,8-9,17H,5-7,14H2,1H3. The number of nitrogen functional groups attached to an aromatic ring is 1. The number of rotatable bonds is 4. The number of aliphatic hydroxyl groups is 1. The average molecular weight is 279 g/mol. The quantitative estimate of drug-likeness (QED) is 0.485. The number of hydrogen-bond donors (Lipinski definition) is 2. The van der Waals surface area contributed by atoms with E-state index < -0.39 is 10.8 Å². The first-order chi connectivity index (χ1) is 9.40. The van der Waals surface area contributed by atoms with Crippen molar-refractivity contribution >= 4 is 17.3 Å². The van der Waals surface area contributed by atoms with Gasteiger partial charge in [-0.1, -0.05) is 6.07 Å². The van der Waals surface area contributed by atoms with E-state index in [9.17, 15) is 20.0 Å². The van der Waals surface area contributed by atoms with E-state index in [1.807, 2.05) is 0 Å². The monoisotopic (exact) mass is 279 g/mol. The van der Waals surface area contributed by atoms with E-state index in [4.69, 9.17) is 5.73 Å². The summed E-state index contributed by atoms with van der Waals surface area (Å²) >= 11 is 0. The second kappa shape index (κ2) is 5.46. The van der Waals surface area contributed by atoms with Crippen molar-refractivity contribution in [2.24, 2.45) is 5.92 Å². The smallest absolute Gasteiger partial charge is 0.304 e. The zero-order valence-electron chi connectivity index (χ0n) is 11.2. The number of amides is 1. The van der Waals surface area contributed by atoms with Gasteiger partial charge in [-0.2, -0.15) is 0 Å². The summed E-state index contributed by atoms with van der Waals surface area (Å²) in [6.45, 7) is 0.474. The molecule has 1 saturated carbocycles. The van der Waals surface area contributed by atoms with Crippen LogP contribution >= 0.6 is 0 Å². The van der Waals surface area contributed by atoms with Gasteiger partial charge < -0.3 is 15.7 Å². The van der Waals surface area contributed by atoms with Crippen LogP contribution in [0.25, 0.3) is 0 Å². The fourth-order valence-electron chi connectivity index (χ4n) is 2.46. The van der Waals surface area contributed by atoms with Crippen LogP contribution in [0.2, 0.25) is 0 Å². The molecule has 0 aromatic heterocycles. The summed E-state index contributed by atoms with van der Waals surface area (Å²) in [7, 11) is 1.60. The lowest BCUT2D eigenvalue weighted by Crippen LogP contribution is -2.39. The van der Waals surface area contributed by atoms with Crippen molar-refractivity contribution < 1.29 is 14.8 Å². The third-order valence-electron chi connectivity index (χ3n) is 3.57. The Hall–Kier alpha value is -2.15. The molecular formula is C13H17N3O4. The van der Waals surface area contributed by atoms with Crippen molar-refractivity contribution in [2.45, 2.75) is 18.9 Å². The predicted molar refractivity (Wildman–Crippen MR) is 73.2 cm³/mol. The maximum absolute atomic E-state index is 12.3. The van der Waals surface area contributed by atoms with Crippen molar-refractivity contribution in [1.29, 1.82) is 0 Å². The maximum Gasteiger partial charge on any atom is 0.304 e. The molecule has 0 unspecified atom stereocenters. The summed E-state index contributed by atoms with van der Waals surface area (Å²) in [6.07, 6.45) is 1.04. The fraction of sp³-hybridized carbons (Fsp3) is 0.462. The van der Waals surface area contributed by atoms with E-state index in [-0.39, 0.29) is 29.0 Å². The summed E-state index contributed by atoms with van der Waals surface area (Å²) in [5, 5.41) is 20.3. The Morgan fingerprint density at radius 2 is 2.20 bits per heavy atom. The molecule has 7 nitrogen and oxygen atoms in total. The van der Waals surface area contributed by atoms with Crippen LogP contribution in [0.1, 0.15) is 23.2 Å². The molecule has 0 saturated heterocycles. The number of anilines is 1. The number of nitro groups is 1. The number of para-hydroxylation sites is 1. The van der Waals surface area contributed by atoms with Gasteiger partial charge >= 0.3 is 5.69 Å². The number of carbonyl (C=O) groups is 1. The molecule has 7 heteroatoms. The third-order valence-corrected chi connectivity index (χ3v) is 3.57. The zero-order valence-corrected chi connectivity index (χ0v) is 11.2. The molecule has 0 heterocycles. The zero-order chi connectivity index (χ0) is 14.9. The molecule has 2 rings (SSSR count). The summed E-state index contributed by atoms with van der Waals surface area (Å²) in [5.41, 5.74) is 5.20. The molecular weight excluding hydrogens is 262 g/mol. The van der Waals surface area contributed by atoms with Crippen LogP contribution in [-0.4, -0.2) is 40.5 Å². The van der Waals surface area contributed by atoms with Gasteiger partial charge in [0.2, 0.25) is 0 Å². The topological polar surface area (TPSA) is 110 Å². The van der Waals surface area contributed by atoms with Crippen LogP contribution < -0.4 is 5.73 Å². The first-order valence-electron chi connectivity index (χ1n) is 6.36. The molecule has 1 aromatic carbocycles. The van der Waals surface area contributed by atoms with Crippen LogP contribution in [0.3, 0.4) is 0 Å². The molecule has 1 aliphatic rings. The van der Waals surface area contributed by atoms with E-state index in [2.05, 4.69) is 0 Å². The van der Waals surface area contributed by atoms with Crippen LogP contribution in [0, 0.1) is 16.0 Å². The van der Waals surface area contributed by atoms with E-state index in [1.54, 1.807) is 7.05 Å². The molecule has 1 aromatic rings. The van der Waals surface area contributed by atoms with Crippen molar-refractivity contribution in [1.82, 2.24) is 4.90 Å². The third kappa shape index (κ3) is 2.72. The van der Waals surface area contributed by atoms with Gasteiger partial charge in [-0.25, -0.2) is 0 Å².